The van der Waals surface area contributed by atoms with Crippen molar-refractivity contribution in [3.05, 3.63) is 34.6 Å². The number of hydrogen-bond donors (Lipinski definition) is 1. The molecule has 1 fully saturated rings. The van der Waals surface area contributed by atoms with Gasteiger partial charge in [0.2, 0.25) is 0 Å². The largest absolute Gasteiger partial charge is 0.329 e. The number of piperazine rings is 1. The topological polar surface area (TPSA) is 32.5 Å². The van der Waals surface area contributed by atoms with E-state index in [1.54, 1.807) is 6.07 Å². The van der Waals surface area contributed by atoms with E-state index in [1.165, 1.54) is 12.1 Å². The summed E-state index contributed by atoms with van der Waals surface area (Å²) in [5, 5.41) is 0.462. The maximum absolute atomic E-state index is 13.1. The molecule has 0 bridgehead atoms. The summed E-state index contributed by atoms with van der Waals surface area (Å²) in [7, 11) is 2.11. The maximum atomic E-state index is 13.1. The van der Waals surface area contributed by atoms with Crippen molar-refractivity contribution in [1.82, 2.24) is 9.80 Å². The zero-order chi connectivity index (χ0) is 13.1. The summed E-state index contributed by atoms with van der Waals surface area (Å²) in [5.41, 5.74) is 6.79. The van der Waals surface area contributed by atoms with Gasteiger partial charge in [-0.1, -0.05) is 17.7 Å². The molecule has 1 aromatic rings. The third kappa shape index (κ3) is 3.01. The Labute approximate surface area is 112 Å². The lowest BCUT2D eigenvalue weighted by molar-refractivity contribution is 0.114. The zero-order valence-corrected chi connectivity index (χ0v) is 11.3. The highest BCUT2D eigenvalue weighted by atomic mass is 35.5. The molecule has 0 amide bonds. The molecule has 3 nitrogen and oxygen atoms in total. The van der Waals surface area contributed by atoms with Crippen molar-refractivity contribution in [3.63, 3.8) is 0 Å². The Morgan fingerprint density at radius 2 is 2.00 bits per heavy atom. The average molecular weight is 272 g/mol. The molecule has 0 radical (unpaired) electrons. The Hall–Kier alpha value is -0.680. The van der Waals surface area contributed by atoms with Crippen molar-refractivity contribution < 1.29 is 4.39 Å². The lowest BCUT2D eigenvalue weighted by Gasteiger charge is -2.38. The van der Waals surface area contributed by atoms with E-state index in [2.05, 4.69) is 16.8 Å². The van der Waals surface area contributed by atoms with Gasteiger partial charge >= 0.3 is 0 Å². The first kappa shape index (κ1) is 13.7. The highest BCUT2D eigenvalue weighted by Gasteiger charge is 2.24. The highest BCUT2D eigenvalue weighted by molar-refractivity contribution is 6.31. The number of hydrogen-bond acceptors (Lipinski definition) is 3. The Bertz CT molecular complexity index is 405. The van der Waals surface area contributed by atoms with Gasteiger partial charge in [-0.15, -0.1) is 0 Å². The van der Waals surface area contributed by atoms with Gasteiger partial charge < -0.3 is 10.6 Å². The fourth-order valence-corrected chi connectivity index (χ4v) is 2.67. The van der Waals surface area contributed by atoms with Crippen LogP contribution in [0.3, 0.4) is 0 Å². The van der Waals surface area contributed by atoms with Crippen LogP contribution in [0.15, 0.2) is 18.2 Å². The maximum Gasteiger partial charge on any atom is 0.124 e. The standard InChI is InChI=1S/C13H19ClFN3/c1-17-4-6-18(7-5-17)13(9-16)11-3-2-10(15)8-12(11)14/h2-3,8,13H,4-7,9,16H2,1H3. The van der Waals surface area contributed by atoms with Crippen LogP contribution in [0.25, 0.3) is 0 Å². The Morgan fingerprint density at radius 3 is 2.56 bits per heavy atom. The van der Waals surface area contributed by atoms with Crippen LogP contribution in [0.2, 0.25) is 5.02 Å². The Balaban J connectivity index is 2.17. The SMILES string of the molecule is CN1CCN(C(CN)c2ccc(F)cc2Cl)CC1. The number of benzene rings is 1. The van der Waals surface area contributed by atoms with E-state index in [1.807, 2.05) is 0 Å². The number of halogens is 2. The normalized spacial score (nSPS) is 20.0. The van der Waals surface area contributed by atoms with Gasteiger partial charge in [0.15, 0.2) is 0 Å². The van der Waals surface area contributed by atoms with E-state index >= 15 is 0 Å². The summed E-state index contributed by atoms with van der Waals surface area (Å²) < 4.78 is 13.1. The van der Waals surface area contributed by atoms with E-state index in [4.69, 9.17) is 17.3 Å². The molecule has 1 unspecified atom stereocenters. The first-order valence-electron chi connectivity index (χ1n) is 6.19. The molecule has 1 heterocycles. The molecule has 18 heavy (non-hydrogen) atoms. The molecule has 0 spiro atoms. The van der Waals surface area contributed by atoms with Gasteiger partial charge in [-0.25, -0.2) is 4.39 Å². The molecule has 1 aliphatic rings. The van der Waals surface area contributed by atoms with Crippen molar-refractivity contribution >= 4 is 11.6 Å². The van der Waals surface area contributed by atoms with Crippen molar-refractivity contribution in [2.24, 2.45) is 5.73 Å². The summed E-state index contributed by atoms with van der Waals surface area (Å²) in [6.07, 6.45) is 0. The van der Waals surface area contributed by atoms with Crippen LogP contribution in [-0.4, -0.2) is 49.6 Å². The van der Waals surface area contributed by atoms with Crippen LogP contribution in [0.1, 0.15) is 11.6 Å². The first-order chi connectivity index (χ1) is 8.61. The molecule has 0 aromatic heterocycles. The Morgan fingerprint density at radius 1 is 1.33 bits per heavy atom. The van der Waals surface area contributed by atoms with E-state index in [0.717, 1.165) is 31.7 Å². The second kappa shape index (κ2) is 5.97. The molecule has 1 atom stereocenters. The van der Waals surface area contributed by atoms with E-state index in [0.29, 0.717) is 11.6 Å². The molecular formula is C13H19ClFN3. The van der Waals surface area contributed by atoms with E-state index < -0.39 is 0 Å². The molecule has 100 valence electrons. The summed E-state index contributed by atoms with van der Waals surface area (Å²) >= 11 is 6.12. The second-order valence-electron chi connectivity index (χ2n) is 4.76. The van der Waals surface area contributed by atoms with E-state index in [9.17, 15) is 4.39 Å². The predicted octanol–water partition coefficient (Wildman–Crippen LogP) is 1.73. The summed E-state index contributed by atoms with van der Waals surface area (Å²) in [6, 6.07) is 4.62. The fourth-order valence-electron chi connectivity index (χ4n) is 2.38. The van der Waals surface area contributed by atoms with Crippen LogP contribution in [0.5, 0.6) is 0 Å². The number of likely N-dealkylation sites (N-methyl/N-ethyl adjacent to an activating group) is 1. The monoisotopic (exact) mass is 271 g/mol. The zero-order valence-electron chi connectivity index (χ0n) is 10.6. The summed E-state index contributed by atoms with van der Waals surface area (Å²) in [4.78, 5) is 4.61. The molecule has 1 aliphatic heterocycles. The van der Waals surface area contributed by atoms with Gasteiger partial charge in [-0.05, 0) is 24.7 Å². The number of nitrogens with two attached hydrogens (primary N) is 1. The molecule has 1 aromatic carbocycles. The van der Waals surface area contributed by atoms with Crippen LogP contribution >= 0.6 is 11.6 Å². The molecule has 0 saturated carbocycles. The molecule has 2 N–H and O–H groups in total. The first-order valence-corrected chi connectivity index (χ1v) is 6.57. The van der Waals surface area contributed by atoms with Crippen molar-refractivity contribution in [2.75, 3.05) is 39.8 Å². The summed E-state index contributed by atoms with van der Waals surface area (Å²) in [6.45, 7) is 4.47. The van der Waals surface area contributed by atoms with Gasteiger partial charge in [0.05, 0.1) is 0 Å². The van der Waals surface area contributed by atoms with Crippen molar-refractivity contribution in [1.29, 1.82) is 0 Å². The lowest BCUT2D eigenvalue weighted by atomic mass is 10.0. The minimum atomic E-state index is -0.308. The molecule has 2 rings (SSSR count). The van der Waals surface area contributed by atoms with Gasteiger partial charge in [-0.2, -0.15) is 0 Å². The van der Waals surface area contributed by atoms with Crippen LogP contribution < -0.4 is 5.73 Å². The average Bonchev–Trinajstić information content (AvgIpc) is 2.35. The van der Waals surface area contributed by atoms with Crippen molar-refractivity contribution in [3.8, 4) is 0 Å². The third-order valence-electron chi connectivity index (χ3n) is 3.52. The van der Waals surface area contributed by atoms with Crippen LogP contribution in [0.4, 0.5) is 4.39 Å². The molecule has 5 heteroatoms. The second-order valence-corrected chi connectivity index (χ2v) is 5.16. The van der Waals surface area contributed by atoms with Crippen LogP contribution in [-0.2, 0) is 0 Å². The molecule has 0 aliphatic carbocycles. The number of nitrogens with zero attached hydrogens (tertiary/aromatic N) is 2. The quantitative estimate of drug-likeness (QED) is 0.909. The molecule has 1 saturated heterocycles. The van der Waals surface area contributed by atoms with Crippen LogP contribution in [0, 0.1) is 5.82 Å². The smallest absolute Gasteiger partial charge is 0.124 e. The van der Waals surface area contributed by atoms with Gasteiger partial charge in [-0.3, -0.25) is 4.90 Å². The van der Waals surface area contributed by atoms with Gasteiger partial charge in [0.25, 0.3) is 0 Å². The fraction of sp³-hybridized carbons (Fsp3) is 0.538. The highest BCUT2D eigenvalue weighted by Crippen LogP contribution is 2.28. The molecular weight excluding hydrogens is 253 g/mol. The summed E-state index contributed by atoms with van der Waals surface area (Å²) in [5.74, 6) is -0.308. The van der Waals surface area contributed by atoms with E-state index in [-0.39, 0.29) is 11.9 Å². The Kier molecular flexibility index (Phi) is 4.56. The minimum absolute atomic E-state index is 0.0757. The van der Waals surface area contributed by atoms with Gasteiger partial charge in [0.1, 0.15) is 5.82 Å². The predicted molar refractivity (Wildman–Crippen MR) is 72.3 cm³/mol. The third-order valence-corrected chi connectivity index (χ3v) is 3.85. The number of rotatable bonds is 3. The lowest BCUT2D eigenvalue weighted by Crippen LogP contribution is -2.47. The van der Waals surface area contributed by atoms with Crippen molar-refractivity contribution in [2.45, 2.75) is 6.04 Å². The minimum Gasteiger partial charge on any atom is -0.329 e. The van der Waals surface area contributed by atoms with Gasteiger partial charge in [0, 0.05) is 43.8 Å².